The second-order valence-electron chi connectivity index (χ2n) is 4.92. The van der Waals surface area contributed by atoms with Gasteiger partial charge in [-0.25, -0.2) is 9.59 Å². The molecule has 5 nitrogen and oxygen atoms in total. The zero-order valence-corrected chi connectivity index (χ0v) is 12.2. The van der Waals surface area contributed by atoms with Crippen molar-refractivity contribution in [2.24, 2.45) is 0 Å². The van der Waals surface area contributed by atoms with Crippen LogP contribution in [0.25, 0.3) is 0 Å². The first-order chi connectivity index (χ1) is 9.47. The van der Waals surface area contributed by atoms with Gasteiger partial charge in [0.1, 0.15) is 0 Å². The molecule has 0 unspecified atom stereocenters. The molecule has 0 bridgehead atoms. The van der Waals surface area contributed by atoms with Crippen LogP contribution in [0.15, 0.2) is 30.3 Å². The van der Waals surface area contributed by atoms with Gasteiger partial charge >= 0.3 is 12.0 Å². The molecule has 0 aromatic heterocycles. The summed E-state index contributed by atoms with van der Waals surface area (Å²) < 4.78 is 0. The minimum atomic E-state index is -1.07. The second kappa shape index (κ2) is 7.53. The van der Waals surface area contributed by atoms with Crippen molar-refractivity contribution in [1.29, 1.82) is 0 Å². The Balaban J connectivity index is 2.86. The van der Waals surface area contributed by atoms with Crippen LogP contribution in [0, 0.1) is 0 Å². The molecule has 0 spiro atoms. The maximum absolute atomic E-state index is 12.2. The zero-order chi connectivity index (χ0) is 15.1. The molecular formula is C15H22N2O3. The fourth-order valence-electron chi connectivity index (χ4n) is 1.97. The Kier molecular flexibility index (Phi) is 6.03. The van der Waals surface area contributed by atoms with E-state index in [1.165, 1.54) is 0 Å². The van der Waals surface area contributed by atoms with Crippen LogP contribution in [0.3, 0.4) is 0 Å². The molecule has 1 aromatic rings. The molecule has 2 N–H and O–H groups in total. The summed E-state index contributed by atoms with van der Waals surface area (Å²) in [5, 5.41) is 11.9. The maximum atomic E-state index is 12.2. The topological polar surface area (TPSA) is 69.6 Å². The molecule has 1 rings (SSSR count). The second-order valence-corrected chi connectivity index (χ2v) is 4.92. The molecule has 1 atom stereocenters. The number of carbonyl (C=O) groups excluding carboxylic acids is 1. The van der Waals surface area contributed by atoms with Gasteiger partial charge in [-0.3, -0.25) is 0 Å². The Morgan fingerprint density at radius 1 is 1.25 bits per heavy atom. The van der Waals surface area contributed by atoms with Crippen molar-refractivity contribution in [3.05, 3.63) is 35.9 Å². The number of carbonyl (C=O) groups is 2. The van der Waals surface area contributed by atoms with Crippen LogP contribution in [0.4, 0.5) is 4.79 Å². The third kappa shape index (κ3) is 4.26. The Labute approximate surface area is 119 Å². The van der Waals surface area contributed by atoms with E-state index in [1.54, 1.807) is 29.2 Å². The lowest BCUT2D eigenvalue weighted by molar-refractivity contribution is -0.139. The molecule has 110 valence electrons. The van der Waals surface area contributed by atoms with E-state index in [9.17, 15) is 14.7 Å². The number of carboxylic acids is 1. The van der Waals surface area contributed by atoms with Crippen LogP contribution < -0.4 is 5.32 Å². The van der Waals surface area contributed by atoms with E-state index in [0.29, 0.717) is 12.1 Å². The summed E-state index contributed by atoms with van der Waals surface area (Å²) in [5.41, 5.74) is 0.563. The van der Waals surface area contributed by atoms with E-state index in [0.717, 1.165) is 6.42 Å². The number of hydrogen-bond acceptors (Lipinski definition) is 2. The number of benzene rings is 1. The highest BCUT2D eigenvalue weighted by Gasteiger charge is 2.25. The first-order valence-corrected chi connectivity index (χ1v) is 6.82. The van der Waals surface area contributed by atoms with Crippen molar-refractivity contribution >= 4 is 12.0 Å². The quantitative estimate of drug-likeness (QED) is 0.840. The molecule has 0 aliphatic carbocycles. The molecular weight excluding hydrogens is 256 g/mol. The maximum Gasteiger partial charge on any atom is 0.330 e. The van der Waals surface area contributed by atoms with Crippen LogP contribution in [-0.4, -0.2) is 34.6 Å². The van der Waals surface area contributed by atoms with Crippen molar-refractivity contribution in [2.45, 2.75) is 39.3 Å². The lowest BCUT2D eigenvalue weighted by atomic mass is 10.1. The van der Waals surface area contributed by atoms with Gasteiger partial charge in [-0.2, -0.15) is 0 Å². The monoisotopic (exact) mass is 278 g/mol. The summed E-state index contributed by atoms with van der Waals surface area (Å²) in [7, 11) is 0. The minimum Gasteiger partial charge on any atom is -0.479 e. The van der Waals surface area contributed by atoms with Gasteiger partial charge in [-0.05, 0) is 25.8 Å². The van der Waals surface area contributed by atoms with Crippen LogP contribution in [-0.2, 0) is 4.79 Å². The van der Waals surface area contributed by atoms with Crippen molar-refractivity contribution in [3.63, 3.8) is 0 Å². The Morgan fingerprint density at radius 2 is 1.85 bits per heavy atom. The molecule has 0 saturated heterocycles. The number of aliphatic carboxylic acids is 1. The van der Waals surface area contributed by atoms with Gasteiger partial charge in [-0.15, -0.1) is 0 Å². The number of carboxylic acid groups (broad SMARTS) is 1. The van der Waals surface area contributed by atoms with Crippen molar-refractivity contribution < 1.29 is 14.7 Å². The van der Waals surface area contributed by atoms with E-state index in [4.69, 9.17) is 0 Å². The first kappa shape index (κ1) is 16.0. The van der Waals surface area contributed by atoms with E-state index in [1.807, 2.05) is 26.8 Å². The number of rotatable bonds is 6. The first-order valence-electron chi connectivity index (χ1n) is 6.82. The zero-order valence-electron chi connectivity index (χ0n) is 12.2. The Hall–Kier alpha value is -2.04. The molecule has 1 aromatic carbocycles. The predicted octanol–water partition coefficient (Wildman–Crippen LogP) is 2.64. The van der Waals surface area contributed by atoms with Crippen molar-refractivity contribution in [2.75, 3.05) is 6.54 Å². The molecule has 0 aliphatic heterocycles. The fraction of sp³-hybridized carbons (Fsp3) is 0.467. The lowest BCUT2D eigenvalue weighted by Gasteiger charge is -2.28. The third-order valence-electron chi connectivity index (χ3n) is 3.00. The van der Waals surface area contributed by atoms with Crippen LogP contribution in [0.5, 0.6) is 0 Å². The largest absolute Gasteiger partial charge is 0.479 e. The third-order valence-corrected chi connectivity index (χ3v) is 3.00. The fourth-order valence-corrected chi connectivity index (χ4v) is 1.97. The molecule has 0 saturated carbocycles. The number of amides is 2. The van der Waals surface area contributed by atoms with E-state index >= 15 is 0 Å². The van der Waals surface area contributed by atoms with E-state index in [-0.39, 0.29) is 12.1 Å². The number of nitrogens with one attached hydrogen (secondary N) is 1. The van der Waals surface area contributed by atoms with Gasteiger partial charge in [0.2, 0.25) is 0 Å². The minimum absolute atomic E-state index is 0.0279. The predicted molar refractivity (Wildman–Crippen MR) is 77.5 cm³/mol. The smallest absolute Gasteiger partial charge is 0.330 e. The average Bonchev–Trinajstić information content (AvgIpc) is 2.42. The van der Waals surface area contributed by atoms with Gasteiger partial charge in [0.05, 0.1) is 0 Å². The summed E-state index contributed by atoms with van der Waals surface area (Å²) in [5.74, 6) is -1.07. The van der Waals surface area contributed by atoms with Gasteiger partial charge in [0.15, 0.2) is 6.04 Å². The highest BCUT2D eigenvalue weighted by molar-refractivity contribution is 5.83. The summed E-state index contributed by atoms with van der Waals surface area (Å²) in [6.45, 7) is 6.40. The van der Waals surface area contributed by atoms with Crippen LogP contribution in [0.2, 0.25) is 0 Å². The molecule has 5 heteroatoms. The van der Waals surface area contributed by atoms with E-state index < -0.39 is 12.0 Å². The van der Waals surface area contributed by atoms with Crippen molar-refractivity contribution in [1.82, 2.24) is 10.2 Å². The molecule has 0 heterocycles. The van der Waals surface area contributed by atoms with Crippen molar-refractivity contribution in [3.8, 4) is 0 Å². The summed E-state index contributed by atoms with van der Waals surface area (Å²) >= 11 is 0. The Bertz CT molecular complexity index is 446. The normalized spacial score (nSPS) is 12.0. The summed E-state index contributed by atoms with van der Waals surface area (Å²) in [6, 6.07) is 7.35. The van der Waals surface area contributed by atoms with Gasteiger partial charge in [-0.1, -0.05) is 37.3 Å². The standard InChI is InChI=1S/C15H22N2O3/c1-4-10-17(11(2)3)15(20)16-13(14(18)19)12-8-6-5-7-9-12/h5-9,11,13H,4,10H2,1-3H3,(H,16,20)(H,18,19)/t13-/m0/s1. The van der Waals surface area contributed by atoms with Crippen LogP contribution >= 0.6 is 0 Å². The van der Waals surface area contributed by atoms with Gasteiger partial charge < -0.3 is 15.3 Å². The lowest BCUT2D eigenvalue weighted by Crippen LogP contribution is -2.47. The number of hydrogen-bond donors (Lipinski definition) is 2. The average molecular weight is 278 g/mol. The molecule has 2 amide bonds. The highest BCUT2D eigenvalue weighted by Crippen LogP contribution is 2.14. The molecule has 0 fully saturated rings. The molecule has 0 aliphatic rings. The van der Waals surface area contributed by atoms with Gasteiger partial charge in [0, 0.05) is 12.6 Å². The summed E-state index contributed by atoms with van der Waals surface area (Å²) in [6.07, 6.45) is 0.828. The highest BCUT2D eigenvalue weighted by atomic mass is 16.4. The van der Waals surface area contributed by atoms with Crippen LogP contribution in [0.1, 0.15) is 38.8 Å². The SMILES string of the molecule is CCCN(C(=O)N[C@H](C(=O)O)c1ccccc1)C(C)C. The molecule has 0 radical (unpaired) electrons. The molecule has 20 heavy (non-hydrogen) atoms. The van der Waals surface area contributed by atoms with E-state index in [2.05, 4.69) is 5.32 Å². The number of nitrogens with zero attached hydrogens (tertiary/aromatic N) is 1. The summed E-state index contributed by atoms with van der Waals surface area (Å²) in [4.78, 5) is 25.2. The Morgan fingerprint density at radius 3 is 2.30 bits per heavy atom. The number of urea groups is 1. The van der Waals surface area contributed by atoms with Gasteiger partial charge in [0.25, 0.3) is 0 Å².